The van der Waals surface area contributed by atoms with Gasteiger partial charge in [0.15, 0.2) is 6.61 Å². The van der Waals surface area contributed by atoms with Crippen LogP contribution in [0.4, 0.5) is 0 Å². The maximum Gasteiger partial charge on any atom is 0.260 e. The van der Waals surface area contributed by atoms with Crippen LogP contribution in [0.25, 0.3) is 0 Å². The highest BCUT2D eigenvalue weighted by Gasteiger charge is 2.27. The van der Waals surface area contributed by atoms with Crippen molar-refractivity contribution in [2.24, 2.45) is 0 Å². The molecule has 2 aliphatic rings. The van der Waals surface area contributed by atoms with Gasteiger partial charge in [0.2, 0.25) is 0 Å². The van der Waals surface area contributed by atoms with Gasteiger partial charge in [0.1, 0.15) is 5.75 Å². The topological polar surface area (TPSA) is 50.8 Å². The number of carbonyl (C=O) groups is 1. The van der Waals surface area contributed by atoms with Crippen LogP contribution in [-0.2, 0) is 9.53 Å². The zero-order valence-corrected chi connectivity index (χ0v) is 15.4. The summed E-state index contributed by atoms with van der Waals surface area (Å²) in [5.74, 6) is 0.895. The number of nitrogens with one attached hydrogen (secondary N) is 1. The average Bonchev–Trinajstić information content (AvgIpc) is 3.30. The van der Waals surface area contributed by atoms with Crippen LogP contribution in [0.5, 0.6) is 5.75 Å². The lowest BCUT2D eigenvalue weighted by Crippen LogP contribution is -2.37. The summed E-state index contributed by atoms with van der Waals surface area (Å²) in [6, 6.07) is 8.62. The Kier molecular flexibility index (Phi) is 6.32. The molecule has 1 aromatic carbocycles. The lowest BCUT2D eigenvalue weighted by Gasteiger charge is -2.26. The van der Waals surface area contributed by atoms with Gasteiger partial charge in [-0.3, -0.25) is 4.79 Å². The van der Waals surface area contributed by atoms with Crippen LogP contribution in [-0.4, -0.2) is 49.3 Å². The van der Waals surface area contributed by atoms with Crippen LogP contribution < -0.4 is 10.1 Å². The van der Waals surface area contributed by atoms with Crippen molar-refractivity contribution in [3.63, 3.8) is 0 Å². The Hall–Kier alpha value is -1.59. The van der Waals surface area contributed by atoms with E-state index < -0.39 is 0 Å². The summed E-state index contributed by atoms with van der Waals surface area (Å²) in [5.41, 5.74) is 1.12. The van der Waals surface area contributed by atoms with E-state index in [2.05, 4.69) is 25.2 Å². The monoisotopic (exact) mass is 346 g/mol. The number of carbonyl (C=O) groups excluding carboxylic acids is 1. The van der Waals surface area contributed by atoms with Gasteiger partial charge in [0, 0.05) is 37.3 Å². The molecule has 5 heteroatoms. The van der Waals surface area contributed by atoms with E-state index in [1.165, 1.54) is 0 Å². The van der Waals surface area contributed by atoms with Crippen LogP contribution in [0, 0.1) is 0 Å². The van der Waals surface area contributed by atoms with Gasteiger partial charge in [-0.15, -0.1) is 0 Å². The highest BCUT2D eigenvalue weighted by molar-refractivity contribution is 5.78. The van der Waals surface area contributed by atoms with Crippen molar-refractivity contribution in [3.8, 4) is 5.75 Å². The molecule has 5 nitrogen and oxygen atoms in total. The van der Waals surface area contributed by atoms with Gasteiger partial charge in [0.25, 0.3) is 5.91 Å². The molecule has 2 aliphatic heterocycles. The van der Waals surface area contributed by atoms with Crippen LogP contribution in [0.1, 0.15) is 51.1 Å². The van der Waals surface area contributed by atoms with E-state index in [1.54, 1.807) is 0 Å². The van der Waals surface area contributed by atoms with Crippen molar-refractivity contribution in [2.75, 3.05) is 26.3 Å². The summed E-state index contributed by atoms with van der Waals surface area (Å²) in [5, 5.41) is 3.71. The van der Waals surface area contributed by atoms with Crippen LogP contribution in [0.3, 0.4) is 0 Å². The van der Waals surface area contributed by atoms with E-state index in [-0.39, 0.29) is 24.7 Å². The molecule has 2 heterocycles. The van der Waals surface area contributed by atoms with Gasteiger partial charge in [-0.1, -0.05) is 25.1 Å². The van der Waals surface area contributed by atoms with Gasteiger partial charge < -0.3 is 19.7 Å². The molecule has 1 aromatic rings. The molecule has 1 amide bonds. The molecule has 25 heavy (non-hydrogen) atoms. The molecule has 2 fully saturated rings. The van der Waals surface area contributed by atoms with Gasteiger partial charge in [-0.2, -0.15) is 0 Å². The van der Waals surface area contributed by atoms with Crippen molar-refractivity contribution in [2.45, 2.75) is 57.7 Å². The molecule has 3 rings (SSSR count). The molecular weight excluding hydrogens is 316 g/mol. The maximum atomic E-state index is 12.3. The number of benzene rings is 1. The van der Waals surface area contributed by atoms with E-state index in [0.29, 0.717) is 6.04 Å². The first kappa shape index (κ1) is 18.2. The van der Waals surface area contributed by atoms with E-state index in [4.69, 9.17) is 9.47 Å². The first-order valence-electron chi connectivity index (χ1n) is 9.56. The molecule has 0 unspecified atom stereocenters. The zero-order valence-electron chi connectivity index (χ0n) is 15.4. The summed E-state index contributed by atoms with van der Waals surface area (Å²) in [6.45, 7) is 6.96. The lowest BCUT2D eigenvalue weighted by molar-refractivity contribution is -0.132. The predicted molar refractivity (Wildman–Crippen MR) is 97.7 cm³/mol. The van der Waals surface area contributed by atoms with E-state index in [1.807, 2.05) is 23.1 Å². The number of likely N-dealkylation sites (tertiary alicyclic amines) is 1. The summed E-state index contributed by atoms with van der Waals surface area (Å²) in [7, 11) is 0. The molecule has 3 atom stereocenters. The Balaban J connectivity index is 1.65. The number of hydrogen-bond acceptors (Lipinski definition) is 4. The Labute approximate surface area is 150 Å². The summed E-state index contributed by atoms with van der Waals surface area (Å²) in [4.78, 5) is 14.2. The summed E-state index contributed by atoms with van der Waals surface area (Å²) >= 11 is 0. The zero-order chi connectivity index (χ0) is 17.6. The number of hydrogen-bond donors (Lipinski definition) is 1. The fourth-order valence-electron chi connectivity index (χ4n) is 3.73. The highest BCUT2D eigenvalue weighted by atomic mass is 16.5. The van der Waals surface area contributed by atoms with Crippen molar-refractivity contribution in [3.05, 3.63) is 29.8 Å². The highest BCUT2D eigenvalue weighted by Crippen LogP contribution is 2.29. The molecule has 0 spiro atoms. The van der Waals surface area contributed by atoms with Gasteiger partial charge >= 0.3 is 0 Å². The third kappa shape index (κ3) is 4.53. The molecule has 0 bridgehead atoms. The third-order valence-corrected chi connectivity index (χ3v) is 5.30. The van der Waals surface area contributed by atoms with Crippen molar-refractivity contribution in [1.82, 2.24) is 10.2 Å². The minimum atomic E-state index is 0.0890. The minimum Gasteiger partial charge on any atom is -0.483 e. The Morgan fingerprint density at radius 1 is 1.36 bits per heavy atom. The second kappa shape index (κ2) is 8.68. The van der Waals surface area contributed by atoms with Crippen LogP contribution >= 0.6 is 0 Å². The fourth-order valence-corrected chi connectivity index (χ4v) is 3.73. The number of rotatable bonds is 7. The van der Waals surface area contributed by atoms with Gasteiger partial charge in [-0.05, 0) is 38.7 Å². The predicted octanol–water partition coefficient (Wildman–Crippen LogP) is 2.91. The smallest absolute Gasteiger partial charge is 0.260 e. The minimum absolute atomic E-state index is 0.0890. The number of nitrogens with zero attached hydrogens (tertiary/aromatic N) is 1. The maximum absolute atomic E-state index is 12.3. The number of para-hydroxylation sites is 1. The molecular formula is C20H30N2O3. The lowest BCUT2D eigenvalue weighted by atomic mass is 10.0. The van der Waals surface area contributed by atoms with Gasteiger partial charge in [-0.25, -0.2) is 0 Å². The standard InChI is InChI=1S/C20H30N2O3/c1-3-17(21-18-10-13-24-15(18)2)16-8-4-5-9-19(16)25-14-20(23)22-11-6-7-12-22/h4-5,8-9,15,17-18,21H,3,6-7,10-14H2,1-2H3/t15-,17+,18+/m1/s1. The van der Waals surface area contributed by atoms with Crippen LogP contribution in [0.15, 0.2) is 24.3 Å². The second-order valence-electron chi connectivity index (χ2n) is 7.01. The van der Waals surface area contributed by atoms with E-state index in [0.717, 1.165) is 56.7 Å². The van der Waals surface area contributed by atoms with Crippen molar-refractivity contribution < 1.29 is 14.3 Å². The fraction of sp³-hybridized carbons (Fsp3) is 0.650. The first-order valence-corrected chi connectivity index (χ1v) is 9.56. The summed E-state index contributed by atoms with van der Waals surface area (Å²) < 4.78 is 11.6. The largest absolute Gasteiger partial charge is 0.483 e. The van der Waals surface area contributed by atoms with E-state index >= 15 is 0 Å². The molecule has 138 valence electrons. The third-order valence-electron chi connectivity index (χ3n) is 5.30. The molecule has 0 saturated carbocycles. The first-order chi connectivity index (χ1) is 12.2. The molecule has 0 aromatic heterocycles. The molecule has 0 radical (unpaired) electrons. The Bertz CT molecular complexity index is 572. The molecule has 2 saturated heterocycles. The Morgan fingerprint density at radius 3 is 2.80 bits per heavy atom. The molecule has 0 aliphatic carbocycles. The van der Waals surface area contributed by atoms with Crippen molar-refractivity contribution >= 4 is 5.91 Å². The molecule has 1 N–H and O–H groups in total. The number of amides is 1. The van der Waals surface area contributed by atoms with E-state index in [9.17, 15) is 4.79 Å². The second-order valence-corrected chi connectivity index (χ2v) is 7.01. The Morgan fingerprint density at radius 2 is 2.12 bits per heavy atom. The quantitative estimate of drug-likeness (QED) is 0.825. The number of ether oxygens (including phenoxy) is 2. The van der Waals surface area contributed by atoms with Crippen molar-refractivity contribution in [1.29, 1.82) is 0 Å². The SMILES string of the molecule is CC[C@H](N[C@H]1CCO[C@@H]1C)c1ccccc1OCC(=O)N1CCCC1. The normalized spacial score (nSPS) is 24.5. The average molecular weight is 346 g/mol. The van der Waals surface area contributed by atoms with Gasteiger partial charge in [0.05, 0.1) is 6.10 Å². The summed E-state index contributed by atoms with van der Waals surface area (Å²) in [6.07, 6.45) is 4.44. The van der Waals surface area contributed by atoms with Crippen LogP contribution in [0.2, 0.25) is 0 Å².